The molecule has 0 aliphatic rings. The third-order valence-electron chi connectivity index (χ3n) is 3.21. The summed E-state index contributed by atoms with van der Waals surface area (Å²) in [6.45, 7) is 3.36. The van der Waals surface area contributed by atoms with Crippen molar-refractivity contribution in [3.05, 3.63) is 24.3 Å². The number of carbonyl (C=O) groups excluding carboxylic acids is 2. The van der Waals surface area contributed by atoms with Crippen LogP contribution in [0.25, 0.3) is 11.0 Å². The van der Waals surface area contributed by atoms with Crippen molar-refractivity contribution in [3.8, 4) is 0 Å². The first-order valence-corrected chi connectivity index (χ1v) is 5.88. The van der Waals surface area contributed by atoms with Gasteiger partial charge in [0.05, 0.1) is 5.39 Å². The van der Waals surface area contributed by atoms with Gasteiger partial charge in [0.2, 0.25) is 5.91 Å². The molecule has 7 nitrogen and oxygen atoms in total. The van der Waals surface area contributed by atoms with Crippen LogP contribution in [0.4, 0.5) is 0 Å². The standard InChI is InChI=1S/C12H15N5O2/c1-3-12(2,11(13)19)17-10(18)8-7-4-5-14-9(7)16-6-15-8/h4-6H,3H2,1-2H3,(H2,13,19)(H,17,18)(H,14,15,16). The summed E-state index contributed by atoms with van der Waals surface area (Å²) < 4.78 is 0. The topological polar surface area (TPSA) is 114 Å². The quantitative estimate of drug-likeness (QED) is 0.736. The van der Waals surface area contributed by atoms with Crippen LogP contribution in [0, 0.1) is 0 Å². The maximum absolute atomic E-state index is 12.2. The number of rotatable bonds is 4. The maximum atomic E-state index is 12.2. The van der Waals surface area contributed by atoms with E-state index in [1.165, 1.54) is 6.33 Å². The third kappa shape index (κ3) is 2.26. The Labute approximate surface area is 109 Å². The summed E-state index contributed by atoms with van der Waals surface area (Å²) in [5, 5.41) is 3.22. The Kier molecular flexibility index (Phi) is 3.20. The summed E-state index contributed by atoms with van der Waals surface area (Å²) >= 11 is 0. The molecule has 0 fully saturated rings. The van der Waals surface area contributed by atoms with Crippen molar-refractivity contribution in [2.45, 2.75) is 25.8 Å². The van der Waals surface area contributed by atoms with Gasteiger partial charge >= 0.3 is 0 Å². The molecule has 0 radical (unpaired) electrons. The molecule has 2 rings (SSSR count). The van der Waals surface area contributed by atoms with Gasteiger partial charge in [0.1, 0.15) is 23.2 Å². The van der Waals surface area contributed by atoms with E-state index in [1.54, 1.807) is 26.1 Å². The number of nitrogens with one attached hydrogen (secondary N) is 2. The lowest BCUT2D eigenvalue weighted by atomic mass is 9.98. The van der Waals surface area contributed by atoms with E-state index in [2.05, 4.69) is 20.3 Å². The Bertz CT molecular complexity index is 636. The second kappa shape index (κ2) is 4.68. The fourth-order valence-electron chi connectivity index (χ4n) is 1.69. The Balaban J connectivity index is 2.35. The second-order valence-electron chi connectivity index (χ2n) is 4.47. The average molecular weight is 261 g/mol. The molecule has 0 bridgehead atoms. The highest BCUT2D eigenvalue weighted by molar-refractivity contribution is 6.05. The van der Waals surface area contributed by atoms with Gasteiger partial charge in [-0.25, -0.2) is 9.97 Å². The number of aromatic amines is 1. The Morgan fingerprint density at radius 1 is 1.47 bits per heavy atom. The minimum atomic E-state index is -1.09. The highest BCUT2D eigenvalue weighted by atomic mass is 16.2. The highest BCUT2D eigenvalue weighted by Crippen LogP contribution is 2.15. The van der Waals surface area contributed by atoms with Crippen LogP contribution in [0.15, 0.2) is 18.6 Å². The van der Waals surface area contributed by atoms with Crippen LogP contribution < -0.4 is 11.1 Å². The molecule has 2 amide bonds. The van der Waals surface area contributed by atoms with Crippen LogP contribution in [-0.4, -0.2) is 32.3 Å². The SMILES string of the molecule is CCC(C)(NC(=O)c1ncnc2[nH]ccc12)C(N)=O. The van der Waals surface area contributed by atoms with Crippen molar-refractivity contribution in [1.29, 1.82) is 0 Å². The van der Waals surface area contributed by atoms with E-state index < -0.39 is 17.4 Å². The van der Waals surface area contributed by atoms with Crippen molar-refractivity contribution in [2.75, 3.05) is 0 Å². The summed E-state index contributed by atoms with van der Waals surface area (Å²) in [5.74, 6) is -1.03. The molecule has 0 spiro atoms. The Morgan fingerprint density at radius 2 is 2.21 bits per heavy atom. The number of carbonyl (C=O) groups is 2. The summed E-state index contributed by atoms with van der Waals surface area (Å²) in [6.07, 6.45) is 3.36. The molecule has 7 heteroatoms. The molecule has 0 saturated heterocycles. The zero-order valence-corrected chi connectivity index (χ0v) is 10.7. The van der Waals surface area contributed by atoms with Gasteiger partial charge in [0.15, 0.2) is 0 Å². The fraction of sp³-hybridized carbons (Fsp3) is 0.333. The first kappa shape index (κ1) is 13.0. The number of hydrogen-bond donors (Lipinski definition) is 3. The highest BCUT2D eigenvalue weighted by Gasteiger charge is 2.32. The second-order valence-corrected chi connectivity index (χ2v) is 4.47. The lowest BCUT2D eigenvalue weighted by Gasteiger charge is -2.25. The van der Waals surface area contributed by atoms with Crippen molar-refractivity contribution in [2.24, 2.45) is 5.73 Å². The molecule has 100 valence electrons. The van der Waals surface area contributed by atoms with Crippen LogP contribution in [-0.2, 0) is 4.79 Å². The third-order valence-corrected chi connectivity index (χ3v) is 3.21. The lowest BCUT2D eigenvalue weighted by Crippen LogP contribution is -2.55. The van der Waals surface area contributed by atoms with Gasteiger partial charge in [0.25, 0.3) is 5.91 Å². The zero-order chi connectivity index (χ0) is 14.0. The minimum absolute atomic E-state index is 0.215. The van der Waals surface area contributed by atoms with Crippen molar-refractivity contribution >= 4 is 22.8 Å². The molecule has 0 aliphatic carbocycles. The van der Waals surface area contributed by atoms with Gasteiger partial charge in [-0.15, -0.1) is 0 Å². The van der Waals surface area contributed by atoms with E-state index in [0.717, 1.165) is 0 Å². The minimum Gasteiger partial charge on any atom is -0.368 e. The van der Waals surface area contributed by atoms with Crippen LogP contribution >= 0.6 is 0 Å². The van der Waals surface area contributed by atoms with E-state index in [-0.39, 0.29) is 5.69 Å². The Morgan fingerprint density at radius 3 is 2.84 bits per heavy atom. The number of hydrogen-bond acceptors (Lipinski definition) is 4. The number of fused-ring (bicyclic) bond motifs is 1. The van der Waals surface area contributed by atoms with Gasteiger partial charge < -0.3 is 16.0 Å². The number of amides is 2. The van der Waals surface area contributed by atoms with E-state index in [4.69, 9.17) is 5.73 Å². The summed E-state index contributed by atoms with van der Waals surface area (Å²) in [6, 6.07) is 1.71. The van der Waals surface area contributed by atoms with Gasteiger partial charge in [-0.05, 0) is 19.4 Å². The van der Waals surface area contributed by atoms with Crippen LogP contribution in [0.1, 0.15) is 30.8 Å². The van der Waals surface area contributed by atoms with Gasteiger partial charge in [-0.2, -0.15) is 0 Å². The number of nitrogens with zero attached hydrogens (tertiary/aromatic N) is 2. The molecule has 1 atom stereocenters. The molecule has 2 aromatic heterocycles. The fourth-order valence-corrected chi connectivity index (χ4v) is 1.69. The maximum Gasteiger partial charge on any atom is 0.271 e. The number of H-pyrrole nitrogens is 1. The van der Waals surface area contributed by atoms with Crippen molar-refractivity contribution < 1.29 is 9.59 Å². The van der Waals surface area contributed by atoms with E-state index in [9.17, 15) is 9.59 Å². The predicted octanol–water partition coefficient (Wildman–Crippen LogP) is 0.342. The van der Waals surface area contributed by atoms with Gasteiger partial charge in [-0.1, -0.05) is 6.92 Å². The molecule has 4 N–H and O–H groups in total. The summed E-state index contributed by atoms with van der Waals surface area (Å²) in [4.78, 5) is 34.5. The van der Waals surface area contributed by atoms with Gasteiger partial charge in [-0.3, -0.25) is 9.59 Å². The summed E-state index contributed by atoms with van der Waals surface area (Å²) in [5.41, 5.74) is 5.00. The number of primary amides is 1. The molecule has 0 saturated carbocycles. The smallest absolute Gasteiger partial charge is 0.271 e. The molecule has 2 aromatic rings. The molecule has 0 aliphatic heterocycles. The average Bonchev–Trinajstić information content (AvgIpc) is 2.86. The zero-order valence-electron chi connectivity index (χ0n) is 10.7. The first-order chi connectivity index (χ1) is 8.98. The molecule has 1 unspecified atom stereocenters. The van der Waals surface area contributed by atoms with Crippen LogP contribution in [0.2, 0.25) is 0 Å². The van der Waals surface area contributed by atoms with Crippen molar-refractivity contribution in [3.63, 3.8) is 0 Å². The first-order valence-electron chi connectivity index (χ1n) is 5.88. The van der Waals surface area contributed by atoms with Crippen molar-refractivity contribution in [1.82, 2.24) is 20.3 Å². The van der Waals surface area contributed by atoms with Crippen LogP contribution in [0.3, 0.4) is 0 Å². The molecular weight excluding hydrogens is 246 g/mol. The monoisotopic (exact) mass is 261 g/mol. The van der Waals surface area contributed by atoms with Crippen LogP contribution in [0.5, 0.6) is 0 Å². The van der Waals surface area contributed by atoms with E-state index >= 15 is 0 Å². The van der Waals surface area contributed by atoms with E-state index in [0.29, 0.717) is 17.5 Å². The largest absolute Gasteiger partial charge is 0.368 e. The molecule has 19 heavy (non-hydrogen) atoms. The normalized spacial score (nSPS) is 14.0. The number of aromatic nitrogens is 3. The number of nitrogens with two attached hydrogens (primary N) is 1. The lowest BCUT2D eigenvalue weighted by molar-refractivity contribution is -0.123. The molecule has 2 heterocycles. The van der Waals surface area contributed by atoms with Gasteiger partial charge in [0, 0.05) is 6.20 Å². The van der Waals surface area contributed by atoms with E-state index in [1.807, 2.05) is 0 Å². The molecular formula is C12H15N5O2. The predicted molar refractivity (Wildman–Crippen MR) is 69.2 cm³/mol. The Hall–Kier alpha value is -2.44. The summed E-state index contributed by atoms with van der Waals surface area (Å²) in [7, 11) is 0. The molecule has 0 aromatic carbocycles.